The van der Waals surface area contributed by atoms with E-state index in [1.165, 1.54) is 12.1 Å². The molecular formula is C16H14BrClFN5O. The summed E-state index contributed by atoms with van der Waals surface area (Å²) in [6, 6.07) is 5.95. The molecule has 25 heavy (non-hydrogen) atoms. The molecule has 2 heterocycles. The summed E-state index contributed by atoms with van der Waals surface area (Å²) in [5, 5.41) is 11.6. The normalized spacial score (nSPS) is 10.9. The van der Waals surface area contributed by atoms with E-state index in [0.29, 0.717) is 16.2 Å². The fraction of sp³-hybridized carbons (Fsp3) is 0.188. The van der Waals surface area contributed by atoms with Crippen LogP contribution in [0.15, 0.2) is 34.9 Å². The zero-order valence-corrected chi connectivity index (χ0v) is 15.8. The second kappa shape index (κ2) is 6.97. The number of rotatable bonds is 4. The minimum atomic E-state index is -0.528. The number of aromatic nitrogens is 4. The van der Waals surface area contributed by atoms with E-state index in [0.717, 1.165) is 11.4 Å². The highest BCUT2D eigenvalue weighted by Gasteiger charge is 2.14. The van der Waals surface area contributed by atoms with Gasteiger partial charge in [0.1, 0.15) is 12.5 Å². The molecule has 0 bridgehead atoms. The van der Waals surface area contributed by atoms with Crippen molar-refractivity contribution in [3.8, 4) is 0 Å². The molecule has 130 valence electrons. The number of nitrogens with zero attached hydrogens (tertiary/aromatic N) is 4. The topological polar surface area (TPSA) is 64.7 Å². The van der Waals surface area contributed by atoms with Gasteiger partial charge in [0.2, 0.25) is 0 Å². The molecule has 1 aromatic carbocycles. The lowest BCUT2D eigenvalue weighted by atomic mass is 10.3. The average Bonchev–Trinajstić information content (AvgIpc) is 3.12. The van der Waals surface area contributed by atoms with Crippen molar-refractivity contribution < 1.29 is 9.18 Å². The fourth-order valence-electron chi connectivity index (χ4n) is 2.29. The Hall–Kier alpha value is -2.19. The highest BCUT2D eigenvalue weighted by molar-refractivity contribution is 9.10. The van der Waals surface area contributed by atoms with Crippen molar-refractivity contribution in [3.05, 3.63) is 62.9 Å². The van der Waals surface area contributed by atoms with Crippen LogP contribution in [0, 0.1) is 19.7 Å². The molecule has 2 aromatic heterocycles. The van der Waals surface area contributed by atoms with Gasteiger partial charge in [-0.25, -0.2) is 9.07 Å². The number of halogens is 3. The van der Waals surface area contributed by atoms with Gasteiger partial charge in [-0.3, -0.25) is 9.48 Å². The van der Waals surface area contributed by atoms with Crippen LogP contribution in [-0.2, 0) is 6.67 Å². The molecule has 1 N–H and O–H groups in total. The van der Waals surface area contributed by atoms with Crippen molar-refractivity contribution >= 4 is 39.1 Å². The second-order valence-corrected chi connectivity index (χ2v) is 6.74. The van der Waals surface area contributed by atoms with E-state index in [1.54, 1.807) is 27.7 Å². The lowest BCUT2D eigenvalue weighted by Gasteiger charge is -2.06. The first kappa shape index (κ1) is 17.6. The Morgan fingerprint density at radius 3 is 2.72 bits per heavy atom. The summed E-state index contributed by atoms with van der Waals surface area (Å²) in [4.78, 5) is 12.2. The molecule has 3 aromatic rings. The predicted octanol–water partition coefficient (Wildman–Crippen LogP) is 4.01. The maximum atomic E-state index is 13.8. The first-order valence-electron chi connectivity index (χ1n) is 7.34. The van der Waals surface area contributed by atoms with Crippen LogP contribution < -0.4 is 5.32 Å². The standard InChI is InChI=1S/C16H14BrClFN5O/c1-9-15(18)10(2)24(21-9)8-23-6-5-14(22-23)16(25)20-13-4-3-11(17)7-12(13)19/h3-7H,8H2,1-2H3,(H,20,25). The monoisotopic (exact) mass is 425 g/mol. The first-order chi connectivity index (χ1) is 11.8. The SMILES string of the molecule is Cc1nn(Cn2ccc(C(=O)Nc3ccc(Br)cc3F)n2)c(C)c1Cl. The number of aryl methyl sites for hydroxylation is 1. The lowest BCUT2D eigenvalue weighted by molar-refractivity contribution is 0.102. The smallest absolute Gasteiger partial charge is 0.276 e. The highest BCUT2D eigenvalue weighted by atomic mass is 79.9. The third-order valence-electron chi connectivity index (χ3n) is 3.62. The van der Waals surface area contributed by atoms with Gasteiger partial charge in [-0.2, -0.15) is 10.2 Å². The van der Waals surface area contributed by atoms with E-state index in [-0.39, 0.29) is 11.4 Å². The molecule has 1 amide bonds. The second-order valence-electron chi connectivity index (χ2n) is 5.44. The third-order valence-corrected chi connectivity index (χ3v) is 4.66. The summed E-state index contributed by atoms with van der Waals surface area (Å²) in [5.74, 6) is -1.02. The molecule has 0 unspecified atom stereocenters. The molecule has 0 radical (unpaired) electrons. The van der Waals surface area contributed by atoms with Gasteiger partial charge in [0.25, 0.3) is 5.91 Å². The number of nitrogens with one attached hydrogen (secondary N) is 1. The van der Waals surface area contributed by atoms with Crippen molar-refractivity contribution in [2.75, 3.05) is 5.32 Å². The molecule has 3 rings (SSSR count). The van der Waals surface area contributed by atoms with E-state index < -0.39 is 11.7 Å². The molecule has 0 aliphatic carbocycles. The van der Waals surface area contributed by atoms with Gasteiger partial charge in [-0.1, -0.05) is 27.5 Å². The molecule has 0 spiro atoms. The fourth-order valence-corrected chi connectivity index (χ4v) is 2.76. The Morgan fingerprint density at radius 2 is 2.08 bits per heavy atom. The maximum Gasteiger partial charge on any atom is 0.276 e. The van der Waals surface area contributed by atoms with Crippen LogP contribution in [0.4, 0.5) is 10.1 Å². The minimum absolute atomic E-state index is 0.0908. The largest absolute Gasteiger partial charge is 0.318 e. The average molecular weight is 427 g/mol. The lowest BCUT2D eigenvalue weighted by Crippen LogP contribution is -2.16. The van der Waals surface area contributed by atoms with E-state index in [2.05, 4.69) is 31.4 Å². The van der Waals surface area contributed by atoms with Crippen molar-refractivity contribution in [1.29, 1.82) is 0 Å². The summed E-state index contributed by atoms with van der Waals surface area (Å²) in [6.07, 6.45) is 1.65. The van der Waals surface area contributed by atoms with Crippen LogP contribution in [0.5, 0.6) is 0 Å². The van der Waals surface area contributed by atoms with Crippen LogP contribution in [0.2, 0.25) is 5.02 Å². The maximum absolute atomic E-state index is 13.8. The number of amides is 1. The molecule has 0 saturated carbocycles. The van der Waals surface area contributed by atoms with Gasteiger partial charge in [-0.05, 0) is 38.1 Å². The zero-order valence-electron chi connectivity index (χ0n) is 13.4. The summed E-state index contributed by atoms with van der Waals surface area (Å²) < 4.78 is 17.7. The molecule has 0 aliphatic heterocycles. The summed E-state index contributed by atoms with van der Waals surface area (Å²) in [7, 11) is 0. The molecule has 0 saturated heterocycles. The molecule has 0 atom stereocenters. The van der Waals surface area contributed by atoms with Crippen LogP contribution in [0.25, 0.3) is 0 Å². The quantitative estimate of drug-likeness (QED) is 0.685. The van der Waals surface area contributed by atoms with Gasteiger partial charge >= 0.3 is 0 Å². The van der Waals surface area contributed by atoms with Crippen molar-refractivity contribution in [2.24, 2.45) is 0 Å². The first-order valence-corrected chi connectivity index (χ1v) is 8.51. The van der Waals surface area contributed by atoms with Crippen LogP contribution >= 0.6 is 27.5 Å². The van der Waals surface area contributed by atoms with E-state index >= 15 is 0 Å². The van der Waals surface area contributed by atoms with Crippen molar-refractivity contribution in [2.45, 2.75) is 20.5 Å². The highest BCUT2D eigenvalue weighted by Crippen LogP contribution is 2.20. The van der Waals surface area contributed by atoms with Crippen molar-refractivity contribution in [3.63, 3.8) is 0 Å². The summed E-state index contributed by atoms with van der Waals surface area (Å²) >= 11 is 9.29. The molecular weight excluding hydrogens is 413 g/mol. The number of hydrogen-bond donors (Lipinski definition) is 1. The number of carbonyl (C=O) groups excluding carboxylic acids is 1. The Bertz CT molecular complexity index is 952. The van der Waals surface area contributed by atoms with Crippen LogP contribution in [0.3, 0.4) is 0 Å². The Kier molecular flexibility index (Phi) is 4.91. The Morgan fingerprint density at radius 1 is 1.32 bits per heavy atom. The molecule has 6 nitrogen and oxygen atoms in total. The number of benzene rings is 1. The summed E-state index contributed by atoms with van der Waals surface area (Å²) in [5.41, 5.74) is 1.82. The molecule has 0 fully saturated rings. The van der Waals surface area contributed by atoms with E-state index in [4.69, 9.17) is 11.6 Å². The number of anilines is 1. The van der Waals surface area contributed by atoms with Gasteiger partial charge < -0.3 is 5.32 Å². The zero-order chi connectivity index (χ0) is 18.1. The van der Waals surface area contributed by atoms with Gasteiger partial charge in [0.15, 0.2) is 5.69 Å². The summed E-state index contributed by atoms with van der Waals surface area (Å²) in [6.45, 7) is 4.00. The predicted molar refractivity (Wildman–Crippen MR) is 96.4 cm³/mol. The van der Waals surface area contributed by atoms with E-state index in [1.807, 2.05) is 13.8 Å². The number of hydrogen-bond acceptors (Lipinski definition) is 3. The van der Waals surface area contributed by atoms with Crippen LogP contribution in [0.1, 0.15) is 21.9 Å². The minimum Gasteiger partial charge on any atom is -0.318 e. The Balaban J connectivity index is 1.74. The Labute approximate surface area is 156 Å². The van der Waals surface area contributed by atoms with Gasteiger partial charge in [-0.15, -0.1) is 0 Å². The van der Waals surface area contributed by atoms with Gasteiger partial charge in [0.05, 0.1) is 22.1 Å². The number of carbonyl (C=O) groups is 1. The van der Waals surface area contributed by atoms with E-state index in [9.17, 15) is 9.18 Å². The van der Waals surface area contributed by atoms with Gasteiger partial charge in [0, 0.05) is 10.7 Å². The van der Waals surface area contributed by atoms with Crippen LogP contribution in [-0.4, -0.2) is 25.5 Å². The molecule has 0 aliphatic rings. The third kappa shape index (κ3) is 3.74. The molecule has 9 heteroatoms. The van der Waals surface area contributed by atoms with Crippen molar-refractivity contribution in [1.82, 2.24) is 19.6 Å².